The van der Waals surface area contributed by atoms with Gasteiger partial charge in [0.15, 0.2) is 0 Å². The fourth-order valence-corrected chi connectivity index (χ4v) is 2.26. The third kappa shape index (κ3) is 2.58. The van der Waals surface area contributed by atoms with E-state index in [2.05, 4.69) is 0 Å². The van der Waals surface area contributed by atoms with E-state index in [0.717, 1.165) is 19.4 Å². The molecule has 0 aromatic heterocycles. The van der Waals surface area contributed by atoms with E-state index in [9.17, 15) is 4.79 Å². The standard InChI is InChI=1S/C13H18N2O2/c1-17-9-12-3-2-8-15(12)13(16)10-4-6-11(14)7-5-10/h4-7,12H,2-3,8-9,14H2,1H3. The van der Waals surface area contributed by atoms with Crippen LogP contribution in [0.3, 0.4) is 0 Å². The number of methoxy groups -OCH3 is 1. The van der Waals surface area contributed by atoms with Crippen molar-refractivity contribution in [2.75, 3.05) is 26.0 Å². The fraction of sp³-hybridized carbons (Fsp3) is 0.462. The van der Waals surface area contributed by atoms with Crippen LogP contribution in [0.5, 0.6) is 0 Å². The molecule has 0 radical (unpaired) electrons. The first-order valence-electron chi connectivity index (χ1n) is 5.88. The molecule has 17 heavy (non-hydrogen) atoms. The molecule has 0 saturated carbocycles. The number of hydrogen-bond donors (Lipinski definition) is 1. The molecule has 1 amide bonds. The van der Waals surface area contributed by atoms with Gasteiger partial charge in [0.1, 0.15) is 0 Å². The average molecular weight is 234 g/mol. The Morgan fingerprint density at radius 3 is 2.82 bits per heavy atom. The zero-order valence-electron chi connectivity index (χ0n) is 10.1. The van der Waals surface area contributed by atoms with Gasteiger partial charge < -0.3 is 15.4 Å². The summed E-state index contributed by atoms with van der Waals surface area (Å²) in [5.74, 6) is 0.0737. The highest BCUT2D eigenvalue weighted by Crippen LogP contribution is 2.20. The number of benzene rings is 1. The molecule has 2 rings (SSSR count). The monoisotopic (exact) mass is 234 g/mol. The highest BCUT2D eigenvalue weighted by Gasteiger charge is 2.29. The van der Waals surface area contributed by atoms with Crippen LogP contribution in [0.4, 0.5) is 5.69 Å². The van der Waals surface area contributed by atoms with E-state index < -0.39 is 0 Å². The summed E-state index contributed by atoms with van der Waals surface area (Å²) in [6.45, 7) is 1.43. The first-order valence-corrected chi connectivity index (χ1v) is 5.88. The van der Waals surface area contributed by atoms with Crippen LogP contribution in [0.25, 0.3) is 0 Å². The van der Waals surface area contributed by atoms with Gasteiger partial charge in [-0.05, 0) is 37.1 Å². The Kier molecular flexibility index (Phi) is 3.64. The second-order valence-corrected chi connectivity index (χ2v) is 4.37. The Hall–Kier alpha value is -1.55. The molecule has 0 spiro atoms. The summed E-state index contributed by atoms with van der Waals surface area (Å²) < 4.78 is 5.15. The second kappa shape index (κ2) is 5.19. The topological polar surface area (TPSA) is 55.6 Å². The number of rotatable bonds is 3. The molecule has 4 nitrogen and oxygen atoms in total. The summed E-state index contributed by atoms with van der Waals surface area (Å²) in [5, 5.41) is 0. The SMILES string of the molecule is COCC1CCCN1C(=O)c1ccc(N)cc1. The number of hydrogen-bond acceptors (Lipinski definition) is 3. The third-order valence-electron chi connectivity index (χ3n) is 3.15. The smallest absolute Gasteiger partial charge is 0.254 e. The lowest BCUT2D eigenvalue weighted by atomic mass is 10.1. The molecule has 1 fully saturated rings. The molecule has 92 valence electrons. The zero-order valence-corrected chi connectivity index (χ0v) is 10.1. The van der Waals surface area contributed by atoms with Crippen molar-refractivity contribution in [3.8, 4) is 0 Å². The van der Waals surface area contributed by atoms with Crippen LogP contribution < -0.4 is 5.73 Å². The van der Waals surface area contributed by atoms with E-state index in [-0.39, 0.29) is 11.9 Å². The Balaban J connectivity index is 2.11. The summed E-state index contributed by atoms with van der Waals surface area (Å²) in [5.41, 5.74) is 6.98. The number of carbonyl (C=O) groups excluding carboxylic acids is 1. The predicted octanol–water partition coefficient (Wildman–Crippen LogP) is 1.52. The normalized spacial score (nSPS) is 19.6. The number of likely N-dealkylation sites (tertiary alicyclic amines) is 1. The largest absolute Gasteiger partial charge is 0.399 e. The number of nitrogens with two attached hydrogens (primary N) is 1. The first-order chi connectivity index (χ1) is 8.22. The molecule has 0 bridgehead atoms. The summed E-state index contributed by atoms with van der Waals surface area (Å²) in [6, 6.07) is 7.29. The van der Waals surface area contributed by atoms with Gasteiger partial charge in [0.05, 0.1) is 12.6 Å². The van der Waals surface area contributed by atoms with Gasteiger partial charge in [-0.25, -0.2) is 0 Å². The molecule has 1 aliphatic rings. The van der Waals surface area contributed by atoms with Crippen molar-refractivity contribution in [3.05, 3.63) is 29.8 Å². The fourth-order valence-electron chi connectivity index (χ4n) is 2.26. The van der Waals surface area contributed by atoms with E-state index in [0.29, 0.717) is 17.9 Å². The lowest BCUT2D eigenvalue weighted by Crippen LogP contribution is -2.38. The Morgan fingerprint density at radius 2 is 2.18 bits per heavy atom. The molecule has 0 aliphatic carbocycles. The maximum atomic E-state index is 12.3. The number of nitrogen functional groups attached to an aromatic ring is 1. The van der Waals surface area contributed by atoms with Crippen LogP contribution >= 0.6 is 0 Å². The molecule has 1 saturated heterocycles. The van der Waals surface area contributed by atoms with Crippen molar-refractivity contribution < 1.29 is 9.53 Å². The predicted molar refractivity (Wildman–Crippen MR) is 66.8 cm³/mol. The van der Waals surface area contributed by atoms with Gasteiger partial charge in [-0.2, -0.15) is 0 Å². The molecule has 1 aromatic carbocycles. The molecule has 1 unspecified atom stereocenters. The molecular weight excluding hydrogens is 216 g/mol. The van der Waals surface area contributed by atoms with Crippen LogP contribution in [-0.2, 0) is 4.74 Å². The van der Waals surface area contributed by atoms with E-state index in [1.54, 1.807) is 31.4 Å². The third-order valence-corrected chi connectivity index (χ3v) is 3.15. The number of anilines is 1. The quantitative estimate of drug-likeness (QED) is 0.807. The Labute approximate surface area is 101 Å². The summed E-state index contributed by atoms with van der Waals surface area (Å²) in [6.07, 6.45) is 2.07. The Morgan fingerprint density at radius 1 is 1.47 bits per heavy atom. The summed E-state index contributed by atoms with van der Waals surface area (Å²) in [4.78, 5) is 14.2. The van der Waals surface area contributed by atoms with Crippen molar-refractivity contribution in [2.45, 2.75) is 18.9 Å². The van der Waals surface area contributed by atoms with E-state index in [4.69, 9.17) is 10.5 Å². The molecule has 1 aliphatic heterocycles. The number of nitrogens with zero attached hydrogens (tertiary/aromatic N) is 1. The number of amides is 1. The van der Waals surface area contributed by atoms with Crippen LogP contribution in [0, 0.1) is 0 Å². The summed E-state index contributed by atoms with van der Waals surface area (Å²) >= 11 is 0. The van der Waals surface area contributed by atoms with Crippen molar-refractivity contribution >= 4 is 11.6 Å². The van der Waals surface area contributed by atoms with Gasteiger partial charge in [0.2, 0.25) is 0 Å². The van der Waals surface area contributed by atoms with E-state index in [1.807, 2.05) is 4.90 Å². The van der Waals surface area contributed by atoms with E-state index >= 15 is 0 Å². The minimum absolute atomic E-state index is 0.0737. The zero-order chi connectivity index (χ0) is 12.3. The van der Waals surface area contributed by atoms with Gasteiger partial charge in [0.25, 0.3) is 5.91 Å². The van der Waals surface area contributed by atoms with Crippen molar-refractivity contribution in [1.29, 1.82) is 0 Å². The molecule has 1 aromatic rings. The van der Waals surface area contributed by atoms with Gasteiger partial charge in [0, 0.05) is 24.9 Å². The summed E-state index contributed by atoms with van der Waals surface area (Å²) in [7, 11) is 1.67. The number of ether oxygens (including phenoxy) is 1. The minimum Gasteiger partial charge on any atom is -0.399 e. The minimum atomic E-state index is 0.0737. The Bertz CT molecular complexity index is 389. The first kappa shape index (κ1) is 11.9. The molecule has 4 heteroatoms. The van der Waals surface area contributed by atoms with Crippen LogP contribution in [0.15, 0.2) is 24.3 Å². The van der Waals surface area contributed by atoms with Crippen LogP contribution in [0.1, 0.15) is 23.2 Å². The van der Waals surface area contributed by atoms with Crippen LogP contribution in [0.2, 0.25) is 0 Å². The lowest BCUT2D eigenvalue weighted by Gasteiger charge is -2.24. The van der Waals surface area contributed by atoms with Gasteiger partial charge in [-0.3, -0.25) is 4.79 Å². The maximum Gasteiger partial charge on any atom is 0.254 e. The molecule has 1 atom stereocenters. The highest BCUT2D eigenvalue weighted by molar-refractivity contribution is 5.94. The van der Waals surface area contributed by atoms with Crippen molar-refractivity contribution in [1.82, 2.24) is 4.90 Å². The number of carbonyl (C=O) groups is 1. The van der Waals surface area contributed by atoms with E-state index in [1.165, 1.54) is 0 Å². The molecular formula is C13H18N2O2. The van der Waals surface area contributed by atoms with Gasteiger partial charge in [-0.1, -0.05) is 0 Å². The van der Waals surface area contributed by atoms with Gasteiger partial charge >= 0.3 is 0 Å². The highest BCUT2D eigenvalue weighted by atomic mass is 16.5. The maximum absolute atomic E-state index is 12.3. The van der Waals surface area contributed by atoms with Crippen molar-refractivity contribution in [3.63, 3.8) is 0 Å². The van der Waals surface area contributed by atoms with Crippen molar-refractivity contribution in [2.24, 2.45) is 0 Å². The molecule has 2 N–H and O–H groups in total. The van der Waals surface area contributed by atoms with Crippen LogP contribution in [-0.4, -0.2) is 37.1 Å². The molecule has 1 heterocycles. The van der Waals surface area contributed by atoms with Gasteiger partial charge in [-0.15, -0.1) is 0 Å². The lowest BCUT2D eigenvalue weighted by molar-refractivity contribution is 0.0630. The average Bonchev–Trinajstić information content (AvgIpc) is 2.78. The second-order valence-electron chi connectivity index (χ2n) is 4.37.